The lowest BCUT2D eigenvalue weighted by atomic mass is 9.46. The van der Waals surface area contributed by atoms with Crippen molar-refractivity contribution in [3.63, 3.8) is 0 Å². The molecule has 2 N–H and O–H groups in total. The fourth-order valence-corrected chi connectivity index (χ4v) is 6.72. The van der Waals surface area contributed by atoms with Crippen LogP contribution in [0, 0.1) is 28.6 Å². The van der Waals surface area contributed by atoms with Crippen molar-refractivity contribution in [1.29, 1.82) is 0 Å². The summed E-state index contributed by atoms with van der Waals surface area (Å²) in [5.41, 5.74) is 2.86. The second-order valence-electron chi connectivity index (χ2n) is 8.67. The highest BCUT2D eigenvalue weighted by atomic mass is 16.3. The first-order valence-electron chi connectivity index (χ1n) is 9.37. The molecule has 4 rings (SSSR count). The van der Waals surface area contributed by atoms with Gasteiger partial charge in [0.1, 0.15) is 0 Å². The Morgan fingerprint density at radius 1 is 1.00 bits per heavy atom. The van der Waals surface area contributed by atoms with Gasteiger partial charge in [-0.2, -0.15) is 0 Å². The van der Waals surface area contributed by atoms with Crippen LogP contribution in [0.15, 0.2) is 11.6 Å². The maximum atomic E-state index is 9.91. The van der Waals surface area contributed by atoms with Crippen molar-refractivity contribution in [2.75, 3.05) is 7.11 Å². The molecule has 0 radical (unpaired) electrons. The van der Waals surface area contributed by atoms with Gasteiger partial charge in [0.05, 0.1) is 6.10 Å². The molecule has 0 saturated heterocycles. The van der Waals surface area contributed by atoms with Crippen LogP contribution in [0.2, 0.25) is 0 Å². The Morgan fingerprint density at radius 3 is 2.55 bits per heavy atom. The summed E-state index contributed by atoms with van der Waals surface area (Å²) < 4.78 is 0. The number of allylic oxidation sites excluding steroid dienone is 1. The van der Waals surface area contributed by atoms with E-state index < -0.39 is 0 Å². The van der Waals surface area contributed by atoms with Crippen LogP contribution in [0.1, 0.15) is 71.6 Å². The monoisotopic (exact) mass is 306 g/mol. The van der Waals surface area contributed by atoms with Crippen LogP contribution in [0.5, 0.6) is 0 Å². The molecule has 22 heavy (non-hydrogen) atoms. The van der Waals surface area contributed by atoms with Crippen molar-refractivity contribution >= 4 is 0 Å². The first-order chi connectivity index (χ1) is 10.5. The molecular formula is C20H34O2. The normalized spacial score (nSPS) is 50.0. The molecule has 0 aliphatic heterocycles. The summed E-state index contributed by atoms with van der Waals surface area (Å²) in [5.74, 6) is 2.71. The van der Waals surface area contributed by atoms with Crippen molar-refractivity contribution < 1.29 is 10.2 Å². The lowest BCUT2D eigenvalue weighted by Crippen LogP contribution is -2.51. The Morgan fingerprint density at radius 2 is 1.77 bits per heavy atom. The molecule has 4 aliphatic carbocycles. The van der Waals surface area contributed by atoms with Crippen molar-refractivity contribution in [2.24, 2.45) is 28.6 Å². The van der Waals surface area contributed by atoms with Crippen molar-refractivity contribution in [1.82, 2.24) is 0 Å². The average Bonchev–Trinajstić information content (AvgIpc) is 2.84. The van der Waals surface area contributed by atoms with Gasteiger partial charge in [-0.15, -0.1) is 0 Å². The Bertz CT molecular complexity index is 443. The average molecular weight is 306 g/mol. The standard InChI is InChI=1S/C19H30O.CH4O/c1-18-9-3-10-19(18,2)17-7-4-13-12-14(20)5-6-15(13)16(17)8-11-18;1-2/h12,14-17,20H,3-11H2,1-2H3;2H,1H3. The van der Waals surface area contributed by atoms with Gasteiger partial charge in [0.2, 0.25) is 0 Å². The van der Waals surface area contributed by atoms with Gasteiger partial charge in [-0.05, 0) is 80.0 Å². The lowest BCUT2D eigenvalue weighted by molar-refractivity contribution is -0.0762. The van der Waals surface area contributed by atoms with Gasteiger partial charge >= 0.3 is 0 Å². The second kappa shape index (κ2) is 5.94. The third kappa shape index (κ3) is 2.29. The van der Waals surface area contributed by atoms with Gasteiger partial charge < -0.3 is 10.2 Å². The molecule has 3 fully saturated rings. The van der Waals surface area contributed by atoms with E-state index >= 15 is 0 Å². The van der Waals surface area contributed by atoms with Gasteiger partial charge in [-0.3, -0.25) is 0 Å². The van der Waals surface area contributed by atoms with Gasteiger partial charge in [0.15, 0.2) is 0 Å². The molecule has 0 amide bonds. The predicted molar refractivity (Wildman–Crippen MR) is 90.5 cm³/mol. The summed E-state index contributed by atoms with van der Waals surface area (Å²) in [6.07, 6.45) is 14.3. The SMILES string of the molecule is CC12CCCC1(C)C1CCC3=CC(O)CCC3C1CC2.CO. The van der Waals surface area contributed by atoms with Crippen LogP contribution in [-0.4, -0.2) is 23.4 Å². The molecule has 6 atom stereocenters. The molecule has 2 heteroatoms. The summed E-state index contributed by atoms with van der Waals surface area (Å²) in [5, 5.41) is 16.9. The predicted octanol–water partition coefficient (Wildman–Crippen LogP) is 4.31. The van der Waals surface area contributed by atoms with E-state index in [1.807, 2.05) is 0 Å². The minimum Gasteiger partial charge on any atom is -0.400 e. The molecule has 126 valence electrons. The molecule has 0 spiro atoms. The van der Waals surface area contributed by atoms with Crippen LogP contribution >= 0.6 is 0 Å². The summed E-state index contributed by atoms with van der Waals surface area (Å²) in [6, 6.07) is 0. The smallest absolute Gasteiger partial charge is 0.0723 e. The van der Waals surface area contributed by atoms with E-state index in [1.54, 1.807) is 5.57 Å². The highest BCUT2D eigenvalue weighted by molar-refractivity contribution is 5.21. The molecule has 0 aromatic heterocycles. The quantitative estimate of drug-likeness (QED) is 0.655. The maximum Gasteiger partial charge on any atom is 0.0723 e. The molecule has 6 unspecified atom stereocenters. The molecule has 2 nitrogen and oxygen atoms in total. The summed E-state index contributed by atoms with van der Waals surface area (Å²) in [6.45, 7) is 5.22. The fourth-order valence-electron chi connectivity index (χ4n) is 6.72. The molecular weight excluding hydrogens is 272 g/mol. The first-order valence-corrected chi connectivity index (χ1v) is 9.37. The first kappa shape index (κ1) is 16.5. The van der Waals surface area contributed by atoms with E-state index in [2.05, 4.69) is 19.9 Å². The van der Waals surface area contributed by atoms with Crippen LogP contribution in [0.25, 0.3) is 0 Å². The van der Waals surface area contributed by atoms with Crippen molar-refractivity contribution in [3.8, 4) is 0 Å². The zero-order chi connectivity index (χ0) is 16.0. The maximum absolute atomic E-state index is 9.91. The van der Waals surface area contributed by atoms with Gasteiger partial charge in [-0.1, -0.05) is 31.9 Å². The van der Waals surface area contributed by atoms with Crippen LogP contribution in [-0.2, 0) is 0 Å². The van der Waals surface area contributed by atoms with Crippen molar-refractivity contribution in [3.05, 3.63) is 11.6 Å². The highest BCUT2D eigenvalue weighted by Crippen LogP contribution is 2.68. The Balaban J connectivity index is 0.000000693. The zero-order valence-corrected chi connectivity index (χ0v) is 14.6. The van der Waals surface area contributed by atoms with Crippen molar-refractivity contribution in [2.45, 2.75) is 77.7 Å². The van der Waals surface area contributed by atoms with Gasteiger partial charge in [0.25, 0.3) is 0 Å². The fraction of sp³-hybridized carbons (Fsp3) is 0.900. The minimum absolute atomic E-state index is 0.145. The van der Waals surface area contributed by atoms with Crippen LogP contribution in [0.3, 0.4) is 0 Å². The van der Waals surface area contributed by atoms with E-state index in [-0.39, 0.29) is 6.10 Å². The number of aliphatic hydroxyl groups excluding tert-OH is 2. The number of rotatable bonds is 0. The van der Waals surface area contributed by atoms with E-state index in [0.717, 1.165) is 31.3 Å². The molecule has 0 aromatic carbocycles. The number of aliphatic hydroxyl groups is 2. The number of fused-ring (bicyclic) bond motifs is 5. The molecule has 4 aliphatic rings. The third-order valence-corrected chi connectivity index (χ3v) is 8.09. The van der Waals surface area contributed by atoms with E-state index in [1.165, 1.54) is 51.4 Å². The summed E-state index contributed by atoms with van der Waals surface area (Å²) in [7, 11) is 1.00. The van der Waals surface area contributed by atoms with Gasteiger partial charge in [0, 0.05) is 7.11 Å². The zero-order valence-electron chi connectivity index (χ0n) is 14.6. The topological polar surface area (TPSA) is 40.5 Å². The van der Waals surface area contributed by atoms with E-state index in [9.17, 15) is 5.11 Å². The summed E-state index contributed by atoms with van der Waals surface area (Å²) in [4.78, 5) is 0. The molecule has 3 saturated carbocycles. The van der Waals surface area contributed by atoms with E-state index in [4.69, 9.17) is 5.11 Å². The van der Waals surface area contributed by atoms with E-state index in [0.29, 0.717) is 10.8 Å². The molecule has 0 aromatic rings. The van der Waals surface area contributed by atoms with Crippen LogP contribution < -0.4 is 0 Å². The molecule has 0 bridgehead atoms. The third-order valence-electron chi connectivity index (χ3n) is 8.09. The minimum atomic E-state index is -0.145. The largest absolute Gasteiger partial charge is 0.400 e. The molecule has 0 heterocycles. The van der Waals surface area contributed by atoms with Crippen LogP contribution in [0.4, 0.5) is 0 Å². The Hall–Kier alpha value is -0.340. The highest BCUT2D eigenvalue weighted by Gasteiger charge is 2.59. The Kier molecular flexibility index (Phi) is 4.46. The van der Waals surface area contributed by atoms with Gasteiger partial charge in [-0.25, -0.2) is 0 Å². The Labute approximate surface area is 136 Å². The lowest BCUT2D eigenvalue weighted by Gasteiger charge is -2.59. The second-order valence-corrected chi connectivity index (χ2v) is 8.67. The summed E-state index contributed by atoms with van der Waals surface area (Å²) >= 11 is 0. The number of hydrogen-bond donors (Lipinski definition) is 2. The number of hydrogen-bond acceptors (Lipinski definition) is 2.